The van der Waals surface area contributed by atoms with Gasteiger partial charge in [0.05, 0.1) is 7.11 Å². The van der Waals surface area contributed by atoms with Crippen LogP contribution in [0.15, 0.2) is 18.2 Å². The summed E-state index contributed by atoms with van der Waals surface area (Å²) in [5.41, 5.74) is 0.593. The molecule has 0 unspecified atom stereocenters. The predicted octanol–water partition coefficient (Wildman–Crippen LogP) is 0.0605. The summed E-state index contributed by atoms with van der Waals surface area (Å²) in [6.07, 6.45) is 1.09. The summed E-state index contributed by atoms with van der Waals surface area (Å²) in [5.74, 6) is -0.675. The number of rotatable bonds is 3. The van der Waals surface area contributed by atoms with Crippen LogP contribution in [0.4, 0.5) is 0 Å². The Bertz CT molecular complexity index is 705. The fourth-order valence-corrected chi connectivity index (χ4v) is 2.25. The maximum Gasteiger partial charge on any atom is 0.355 e. The third kappa shape index (κ3) is 2.33. The van der Waals surface area contributed by atoms with E-state index in [4.69, 9.17) is 0 Å². The van der Waals surface area contributed by atoms with E-state index in [-0.39, 0.29) is 17.3 Å². The summed E-state index contributed by atoms with van der Waals surface area (Å²) < 4.78 is 28.6. The normalized spacial score (nSPS) is 11.7. The zero-order valence-electron chi connectivity index (χ0n) is 9.82. The molecule has 0 saturated carbocycles. The van der Waals surface area contributed by atoms with Crippen LogP contribution in [0.3, 0.4) is 0 Å². The lowest BCUT2D eigenvalue weighted by Gasteiger charge is -2.04. The molecule has 0 saturated heterocycles. The second-order valence-corrected chi connectivity index (χ2v) is 5.92. The monoisotopic (exact) mass is 269 g/mol. The first-order chi connectivity index (χ1) is 8.42. The van der Waals surface area contributed by atoms with Gasteiger partial charge in [-0.2, -0.15) is 0 Å². The van der Waals surface area contributed by atoms with Crippen LogP contribution in [0.5, 0.6) is 0 Å². The van der Waals surface area contributed by atoms with Gasteiger partial charge in [0.15, 0.2) is 21.3 Å². The van der Waals surface area contributed by atoms with Gasteiger partial charge in [0.2, 0.25) is 0 Å². The van der Waals surface area contributed by atoms with Crippen molar-refractivity contribution in [2.45, 2.75) is 5.75 Å². The number of nitrogens with zero attached hydrogens (tertiary/aromatic N) is 3. The second kappa shape index (κ2) is 4.37. The van der Waals surface area contributed by atoms with E-state index >= 15 is 0 Å². The van der Waals surface area contributed by atoms with Crippen molar-refractivity contribution >= 4 is 21.5 Å². The number of sulfone groups is 1. The lowest BCUT2D eigenvalue weighted by atomic mass is 10.3. The van der Waals surface area contributed by atoms with E-state index in [1.807, 2.05) is 0 Å². The van der Waals surface area contributed by atoms with Gasteiger partial charge in [-0.1, -0.05) is 6.07 Å². The van der Waals surface area contributed by atoms with Crippen LogP contribution in [-0.2, 0) is 20.3 Å². The Labute approximate surface area is 103 Å². The molecular formula is C10H11N3O4S. The molecule has 0 radical (unpaired) electrons. The van der Waals surface area contributed by atoms with Crippen molar-refractivity contribution in [2.24, 2.45) is 0 Å². The minimum atomic E-state index is -3.26. The van der Waals surface area contributed by atoms with Gasteiger partial charge in [-0.3, -0.25) is 4.40 Å². The second-order valence-electron chi connectivity index (χ2n) is 3.78. The summed E-state index contributed by atoms with van der Waals surface area (Å²) in [4.78, 5) is 11.6. The van der Waals surface area contributed by atoms with E-state index in [0.29, 0.717) is 5.65 Å². The van der Waals surface area contributed by atoms with Crippen LogP contribution in [0, 0.1) is 0 Å². The number of hydrogen-bond acceptors (Lipinski definition) is 6. The van der Waals surface area contributed by atoms with Crippen LogP contribution in [-0.4, -0.2) is 42.4 Å². The summed E-state index contributed by atoms with van der Waals surface area (Å²) in [6.45, 7) is 0. The highest BCUT2D eigenvalue weighted by Gasteiger charge is 2.17. The van der Waals surface area contributed by atoms with E-state index < -0.39 is 15.8 Å². The van der Waals surface area contributed by atoms with E-state index in [2.05, 4.69) is 14.9 Å². The molecule has 0 N–H and O–H groups in total. The molecule has 0 aliphatic carbocycles. The van der Waals surface area contributed by atoms with Gasteiger partial charge >= 0.3 is 5.97 Å². The van der Waals surface area contributed by atoms with E-state index in [1.165, 1.54) is 17.6 Å². The van der Waals surface area contributed by atoms with Crippen LogP contribution < -0.4 is 0 Å². The Morgan fingerprint density at radius 1 is 1.39 bits per heavy atom. The molecule has 0 atom stereocenters. The molecule has 0 aliphatic heterocycles. The SMILES string of the molecule is COC(=O)c1cccc2nnc(CS(C)(=O)=O)n12. The number of pyridine rings is 1. The molecule has 0 amide bonds. The fraction of sp³-hybridized carbons (Fsp3) is 0.300. The molecule has 2 aromatic heterocycles. The standard InChI is InChI=1S/C10H11N3O4S/c1-17-10(14)7-4-3-5-8-11-12-9(13(7)8)6-18(2,15)16/h3-5H,6H2,1-2H3. The molecule has 2 rings (SSSR count). The molecule has 0 spiro atoms. The van der Waals surface area contributed by atoms with Crippen molar-refractivity contribution in [3.63, 3.8) is 0 Å². The molecule has 18 heavy (non-hydrogen) atoms. The molecule has 2 aromatic rings. The Hall–Kier alpha value is -1.96. The first-order valence-electron chi connectivity index (χ1n) is 5.01. The van der Waals surface area contributed by atoms with Crippen LogP contribution in [0.25, 0.3) is 5.65 Å². The maximum absolute atomic E-state index is 11.6. The molecular weight excluding hydrogens is 258 g/mol. The molecule has 2 heterocycles. The number of carbonyl (C=O) groups is 1. The number of fused-ring (bicyclic) bond motifs is 1. The number of methoxy groups -OCH3 is 1. The van der Waals surface area contributed by atoms with Crippen molar-refractivity contribution in [3.8, 4) is 0 Å². The summed E-state index contributed by atoms with van der Waals surface area (Å²) in [5, 5.41) is 7.60. The van der Waals surface area contributed by atoms with Crippen molar-refractivity contribution in [2.75, 3.05) is 13.4 Å². The first-order valence-corrected chi connectivity index (χ1v) is 7.07. The van der Waals surface area contributed by atoms with Crippen molar-refractivity contribution in [1.82, 2.24) is 14.6 Å². The van der Waals surface area contributed by atoms with Crippen LogP contribution in [0.2, 0.25) is 0 Å². The first kappa shape index (κ1) is 12.5. The Morgan fingerprint density at radius 2 is 2.11 bits per heavy atom. The zero-order chi connectivity index (χ0) is 13.3. The molecule has 0 aromatic carbocycles. The number of hydrogen-bond donors (Lipinski definition) is 0. The predicted molar refractivity (Wildman–Crippen MR) is 62.9 cm³/mol. The van der Waals surface area contributed by atoms with Crippen LogP contribution in [0.1, 0.15) is 16.3 Å². The summed E-state index contributed by atoms with van der Waals surface area (Å²) in [6, 6.07) is 4.78. The lowest BCUT2D eigenvalue weighted by molar-refractivity contribution is 0.0592. The van der Waals surface area contributed by atoms with Gasteiger partial charge in [-0.05, 0) is 12.1 Å². The summed E-state index contributed by atoms with van der Waals surface area (Å²) >= 11 is 0. The van der Waals surface area contributed by atoms with E-state index in [1.54, 1.807) is 12.1 Å². The van der Waals surface area contributed by atoms with Crippen molar-refractivity contribution < 1.29 is 17.9 Å². The number of esters is 1. The van der Waals surface area contributed by atoms with E-state index in [9.17, 15) is 13.2 Å². The molecule has 96 valence electrons. The quantitative estimate of drug-likeness (QED) is 0.732. The van der Waals surface area contributed by atoms with E-state index in [0.717, 1.165) is 6.26 Å². The molecule has 0 bridgehead atoms. The van der Waals surface area contributed by atoms with Gasteiger partial charge in [0.1, 0.15) is 11.4 Å². The number of ether oxygens (including phenoxy) is 1. The highest BCUT2D eigenvalue weighted by atomic mass is 32.2. The zero-order valence-corrected chi connectivity index (χ0v) is 10.6. The topological polar surface area (TPSA) is 90.6 Å². The van der Waals surface area contributed by atoms with Gasteiger partial charge in [-0.25, -0.2) is 13.2 Å². The van der Waals surface area contributed by atoms with Crippen molar-refractivity contribution in [3.05, 3.63) is 29.7 Å². The average molecular weight is 269 g/mol. The highest BCUT2D eigenvalue weighted by molar-refractivity contribution is 7.89. The van der Waals surface area contributed by atoms with Crippen LogP contribution >= 0.6 is 0 Å². The minimum Gasteiger partial charge on any atom is -0.464 e. The highest BCUT2D eigenvalue weighted by Crippen LogP contribution is 2.11. The van der Waals surface area contributed by atoms with Gasteiger partial charge in [0.25, 0.3) is 0 Å². The lowest BCUT2D eigenvalue weighted by Crippen LogP contribution is -2.12. The third-order valence-corrected chi connectivity index (χ3v) is 3.06. The molecule has 0 aliphatic rings. The van der Waals surface area contributed by atoms with Gasteiger partial charge in [0, 0.05) is 6.26 Å². The maximum atomic E-state index is 11.6. The molecule has 0 fully saturated rings. The van der Waals surface area contributed by atoms with Crippen molar-refractivity contribution in [1.29, 1.82) is 0 Å². The Morgan fingerprint density at radius 3 is 2.72 bits per heavy atom. The molecule has 8 heteroatoms. The average Bonchev–Trinajstić information content (AvgIpc) is 2.69. The van der Waals surface area contributed by atoms with Gasteiger partial charge < -0.3 is 4.74 Å². The Balaban J connectivity index is 2.66. The molecule has 7 nitrogen and oxygen atoms in total. The Kier molecular flexibility index (Phi) is 3.04. The fourth-order valence-electron chi connectivity index (χ4n) is 1.59. The number of aromatic nitrogens is 3. The van der Waals surface area contributed by atoms with Gasteiger partial charge in [-0.15, -0.1) is 10.2 Å². The third-order valence-electron chi connectivity index (χ3n) is 2.28. The smallest absolute Gasteiger partial charge is 0.355 e. The summed E-state index contributed by atoms with van der Waals surface area (Å²) in [7, 11) is -2.01. The largest absolute Gasteiger partial charge is 0.464 e. The minimum absolute atomic E-state index is 0.188. The number of carbonyl (C=O) groups excluding carboxylic acids is 1.